The predicted molar refractivity (Wildman–Crippen MR) is 84.5 cm³/mol. The molecule has 0 spiro atoms. The maximum atomic E-state index is 12.6. The van der Waals surface area contributed by atoms with Gasteiger partial charge in [0.15, 0.2) is 0 Å². The van der Waals surface area contributed by atoms with E-state index in [-0.39, 0.29) is 23.3 Å². The van der Waals surface area contributed by atoms with Gasteiger partial charge in [0.2, 0.25) is 0 Å². The molecule has 1 saturated heterocycles. The molecule has 2 heterocycles. The van der Waals surface area contributed by atoms with Crippen molar-refractivity contribution in [2.24, 2.45) is 0 Å². The molecular weight excluding hydrogens is 286 g/mol. The van der Waals surface area contributed by atoms with Crippen LogP contribution in [0.25, 0.3) is 0 Å². The van der Waals surface area contributed by atoms with Gasteiger partial charge in [-0.3, -0.25) is 0 Å². The summed E-state index contributed by atoms with van der Waals surface area (Å²) in [7, 11) is 0. The van der Waals surface area contributed by atoms with Crippen molar-refractivity contribution in [2.45, 2.75) is 58.3 Å². The monoisotopic (exact) mass is 311 g/mol. The van der Waals surface area contributed by atoms with Crippen LogP contribution in [0.5, 0.6) is 0 Å². The summed E-state index contributed by atoms with van der Waals surface area (Å²) in [6, 6.07) is -0.0620. The van der Waals surface area contributed by atoms with Crippen molar-refractivity contribution in [2.75, 3.05) is 13.1 Å². The van der Waals surface area contributed by atoms with Crippen LogP contribution in [0.4, 0.5) is 4.79 Å². The summed E-state index contributed by atoms with van der Waals surface area (Å²) in [5.41, 5.74) is -0.663. The van der Waals surface area contributed by atoms with Crippen LogP contribution in [0.2, 0.25) is 0 Å². The van der Waals surface area contributed by atoms with Gasteiger partial charge < -0.3 is 15.0 Å². The summed E-state index contributed by atoms with van der Waals surface area (Å²) < 4.78 is 6.01. The van der Waals surface area contributed by atoms with Crippen molar-refractivity contribution in [3.63, 3.8) is 0 Å². The van der Waals surface area contributed by atoms with E-state index >= 15 is 0 Å². The SMILES string of the molecule is CC[C@H](NC(=O)N1CC(C)(C)OC(C)(C)C1)c1nccs1. The first-order chi connectivity index (χ1) is 9.72. The average Bonchev–Trinajstić information content (AvgIpc) is 2.85. The molecule has 1 aliphatic heterocycles. The zero-order valence-electron chi connectivity index (χ0n) is 13.5. The Hall–Kier alpha value is -1.14. The molecule has 1 N–H and O–H groups in total. The summed E-state index contributed by atoms with van der Waals surface area (Å²) in [5, 5.41) is 5.99. The van der Waals surface area contributed by atoms with Gasteiger partial charge in [-0.25, -0.2) is 9.78 Å². The second-order valence-electron chi connectivity index (χ2n) is 6.76. The highest BCUT2D eigenvalue weighted by atomic mass is 32.1. The van der Waals surface area contributed by atoms with E-state index < -0.39 is 0 Å². The van der Waals surface area contributed by atoms with E-state index in [2.05, 4.69) is 17.2 Å². The van der Waals surface area contributed by atoms with E-state index in [9.17, 15) is 4.79 Å². The smallest absolute Gasteiger partial charge is 0.318 e. The fourth-order valence-electron chi connectivity index (χ4n) is 2.92. The molecule has 1 fully saturated rings. The van der Waals surface area contributed by atoms with Crippen LogP contribution in [0.1, 0.15) is 52.1 Å². The highest BCUT2D eigenvalue weighted by molar-refractivity contribution is 7.09. The van der Waals surface area contributed by atoms with E-state index in [0.717, 1.165) is 11.4 Å². The van der Waals surface area contributed by atoms with Crippen LogP contribution in [0, 0.1) is 0 Å². The van der Waals surface area contributed by atoms with E-state index in [1.54, 1.807) is 17.5 Å². The second kappa shape index (κ2) is 5.93. The Morgan fingerprint density at radius 3 is 2.52 bits per heavy atom. The molecular formula is C15H25N3O2S. The quantitative estimate of drug-likeness (QED) is 0.932. The number of rotatable bonds is 3. The van der Waals surface area contributed by atoms with Crippen molar-refractivity contribution in [3.05, 3.63) is 16.6 Å². The number of nitrogens with zero attached hydrogens (tertiary/aromatic N) is 2. The van der Waals surface area contributed by atoms with Gasteiger partial charge in [0.1, 0.15) is 5.01 Å². The number of aromatic nitrogens is 1. The highest BCUT2D eigenvalue weighted by Gasteiger charge is 2.40. The number of urea groups is 1. The normalized spacial score (nSPS) is 21.9. The van der Waals surface area contributed by atoms with Crippen LogP contribution in [0.3, 0.4) is 0 Å². The first-order valence-electron chi connectivity index (χ1n) is 7.37. The third-order valence-electron chi connectivity index (χ3n) is 3.44. The molecule has 2 rings (SSSR count). The second-order valence-corrected chi connectivity index (χ2v) is 7.68. The number of amides is 2. The van der Waals surface area contributed by atoms with E-state index in [1.807, 2.05) is 38.0 Å². The van der Waals surface area contributed by atoms with Gasteiger partial charge in [-0.2, -0.15) is 0 Å². The molecule has 2 amide bonds. The minimum absolute atomic E-state index is 0.0217. The molecule has 0 radical (unpaired) electrons. The van der Waals surface area contributed by atoms with Crippen molar-refractivity contribution < 1.29 is 9.53 Å². The van der Waals surface area contributed by atoms with Gasteiger partial charge in [0.25, 0.3) is 0 Å². The molecule has 0 unspecified atom stereocenters. The first-order valence-corrected chi connectivity index (χ1v) is 8.25. The Bertz CT molecular complexity index is 469. The summed E-state index contributed by atoms with van der Waals surface area (Å²) in [6.45, 7) is 11.3. The number of thiazole rings is 1. The molecule has 0 aromatic carbocycles. The number of carbonyl (C=O) groups is 1. The summed E-state index contributed by atoms with van der Waals surface area (Å²) in [6.07, 6.45) is 2.60. The lowest BCUT2D eigenvalue weighted by Gasteiger charge is -2.47. The summed E-state index contributed by atoms with van der Waals surface area (Å²) >= 11 is 1.57. The first kappa shape index (κ1) is 16.2. The maximum Gasteiger partial charge on any atom is 0.318 e. The number of ether oxygens (including phenoxy) is 1. The molecule has 118 valence electrons. The van der Waals surface area contributed by atoms with Gasteiger partial charge in [-0.05, 0) is 34.1 Å². The summed E-state index contributed by atoms with van der Waals surface area (Å²) in [4.78, 5) is 18.7. The van der Waals surface area contributed by atoms with Crippen molar-refractivity contribution in [1.29, 1.82) is 0 Å². The summed E-state index contributed by atoms with van der Waals surface area (Å²) in [5.74, 6) is 0. The molecule has 0 saturated carbocycles. The predicted octanol–water partition coefficient (Wildman–Crippen LogP) is 3.19. The minimum Gasteiger partial charge on any atom is -0.366 e. The van der Waals surface area contributed by atoms with Crippen LogP contribution in [0.15, 0.2) is 11.6 Å². The topological polar surface area (TPSA) is 54.5 Å². The molecule has 21 heavy (non-hydrogen) atoms. The van der Waals surface area contributed by atoms with Gasteiger partial charge in [0, 0.05) is 11.6 Å². The van der Waals surface area contributed by atoms with E-state index in [1.165, 1.54) is 0 Å². The molecule has 6 heteroatoms. The number of hydrogen-bond donors (Lipinski definition) is 1. The maximum absolute atomic E-state index is 12.6. The lowest BCUT2D eigenvalue weighted by atomic mass is 9.99. The van der Waals surface area contributed by atoms with Gasteiger partial charge >= 0.3 is 6.03 Å². The standard InChI is InChI=1S/C15H25N3O2S/c1-6-11(12-16-7-8-21-12)17-13(19)18-9-14(2,3)20-15(4,5)10-18/h7-8,11H,6,9-10H2,1-5H3,(H,17,19)/t11-/m0/s1. The Kier molecular flexibility index (Phi) is 4.58. The number of hydrogen-bond acceptors (Lipinski definition) is 4. The molecule has 1 aromatic heterocycles. The van der Waals surface area contributed by atoms with Crippen LogP contribution < -0.4 is 5.32 Å². The average molecular weight is 311 g/mol. The minimum atomic E-state index is -0.331. The van der Waals surface area contributed by atoms with Crippen LogP contribution >= 0.6 is 11.3 Å². The largest absolute Gasteiger partial charge is 0.366 e. The Balaban J connectivity index is 2.05. The van der Waals surface area contributed by atoms with Crippen molar-refractivity contribution in [3.8, 4) is 0 Å². The molecule has 5 nitrogen and oxygen atoms in total. The molecule has 1 aliphatic rings. The zero-order valence-corrected chi connectivity index (χ0v) is 14.3. The van der Waals surface area contributed by atoms with Crippen LogP contribution in [-0.2, 0) is 4.74 Å². The molecule has 0 bridgehead atoms. The highest BCUT2D eigenvalue weighted by Crippen LogP contribution is 2.28. The zero-order chi connectivity index (χ0) is 15.7. The number of morpholine rings is 1. The lowest BCUT2D eigenvalue weighted by Crippen LogP contribution is -2.60. The van der Waals surface area contributed by atoms with Crippen molar-refractivity contribution in [1.82, 2.24) is 15.2 Å². The molecule has 0 aliphatic carbocycles. The third-order valence-corrected chi connectivity index (χ3v) is 4.33. The Morgan fingerprint density at radius 2 is 2.05 bits per heavy atom. The van der Waals surface area contributed by atoms with Gasteiger partial charge in [0.05, 0.1) is 30.3 Å². The van der Waals surface area contributed by atoms with E-state index in [4.69, 9.17) is 4.74 Å². The van der Waals surface area contributed by atoms with Gasteiger partial charge in [-0.15, -0.1) is 11.3 Å². The fourth-order valence-corrected chi connectivity index (χ4v) is 3.69. The van der Waals surface area contributed by atoms with Crippen LogP contribution in [-0.4, -0.2) is 40.2 Å². The van der Waals surface area contributed by atoms with Crippen molar-refractivity contribution >= 4 is 17.4 Å². The van der Waals surface area contributed by atoms with E-state index in [0.29, 0.717) is 13.1 Å². The molecule has 1 atom stereocenters. The Morgan fingerprint density at radius 1 is 1.43 bits per heavy atom. The molecule has 1 aromatic rings. The Labute approximate surface area is 130 Å². The lowest BCUT2D eigenvalue weighted by molar-refractivity contribution is -0.170. The number of carbonyl (C=O) groups excluding carboxylic acids is 1. The fraction of sp³-hybridized carbons (Fsp3) is 0.733. The third kappa shape index (κ3) is 4.17. The van der Waals surface area contributed by atoms with Gasteiger partial charge in [-0.1, -0.05) is 6.92 Å². The number of nitrogens with one attached hydrogen (secondary N) is 1.